The smallest absolute Gasteiger partial charge is 0.193 e. The lowest BCUT2D eigenvalue weighted by molar-refractivity contribution is 0.137. The van der Waals surface area contributed by atoms with Crippen LogP contribution in [0.5, 0.6) is 0 Å². The number of guanidine groups is 1. The molecule has 4 nitrogen and oxygen atoms in total. The van der Waals surface area contributed by atoms with Crippen molar-refractivity contribution in [1.82, 2.24) is 0 Å². The van der Waals surface area contributed by atoms with Gasteiger partial charge in [-0.2, -0.15) is 0 Å². The number of nitrogens with one attached hydrogen (secondary N) is 1. The van der Waals surface area contributed by atoms with E-state index in [1.165, 1.54) is 11.1 Å². The first-order chi connectivity index (χ1) is 9.06. The summed E-state index contributed by atoms with van der Waals surface area (Å²) in [6.45, 7) is 4.76. The van der Waals surface area contributed by atoms with Gasteiger partial charge in [-0.3, -0.25) is 4.99 Å². The summed E-state index contributed by atoms with van der Waals surface area (Å²) in [5, 5.41) is 12.8. The maximum atomic E-state index is 9.73. The average molecular weight is 389 g/mol. The summed E-state index contributed by atoms with van der Waals surface area (Å²) in [4.78, 5) is 4.33. The number of hydrogen-bond acceptors (Lipinski definition) is 2. The van der Waals surface area contributed by atoms with Crippen LogP contribution in [0.3, 0.4) is 0 Å². The van der Waals surface area contributed by atoms with E-state index in [0.717, 1.165) is 24.9 Å². The van der Waals surface area contributed by atoms with Gasteiger partial charge in [0.05, 0.1) is 6.10 Å². The Labute approximate surface area is 137 Å². The average Bonchev–Trinajstić information content (AvgIpc) is 2.77. The normalized spacial score (nSPS) is 22.4. The molecule has 1 aliphatic carbocycles. The number of nitrogens with zero attached hydrogens (tertiary/aromatic N) is 1. The molecule has 2 rings (SSSR count). The summed E-state index contributed by atoms with van der Waals surface area (Å²) in [5.41, 5.74) is 9.31. The van der Waals surface area contributed by atoms with Gasteiger partial charge in [-0.15, -0.1) is 24.0 Å². The molecule has 0 aromatic heterocycles. The standard InChI is InChI=1S/C15H23N3O.HI/c1-10-6-7-13(8-11(10)2)18-15(16)17-9-12-4-3-5-14(12)19;/h6-8,12,14,19H,3-5,9H2,1-2H3,(H3,16,17,18);1H. The van der Waals surface area contributed by atoms with Gasteiger partial charge >= 0.3 is 0 Å². The van der Waals surface area contributed by atoms with E-state index in [1.54, 1.807) is 0 Å². The number of aliphatic hydroxyl groups excluding tert-OH is 1. The van der Waals surface area contributed by atoms with Gasteiger partial charge in [0, 0.05) is 18.2 Å². The minimum Gasteiger partial charge on any atom is -0.393 e. The molecule has 0 aliphatic heterocycles. The molecule has 0 spiro atoms. The molecule has 1 fully saturated rings. The van der Waals surface area contributed by atoms with Gasteiger partial charge in [0.1, 0.15) is 0 Å². The number of rotatable bonds is 3. The lowest BCUT2D eigenvalue weighted by atomic mass is 10.1. The number of anilines is 1. The number of nitrogens with two attached hydrogens (primary N) is 1. The zero-order valence-corrected chi connectivity index (χ0v) is 14.4. The van der Waals surface area contributed by atoms with Crippen molar-refractivity contribution in [3.8, 4) is 0 Å². The minimum atomic E-state index is -0.210. The second kappa shape index (κ2) is 7.83. The van der Waals surface area contributed by atoms with Crippen LogP contribution in [0.4, 0.5) is 5.69 Å². The van der Waals surface area contributed by atoms with Gasteiger partial charge in [-0.1, -0.05) is 12.5 Å². The van der Waals surface area contributed by atoms with Crippen molar-refractivity contribution in [3.63, 3.8) is 0 Å². The van der Waals surface area contributed by atoms with Crippen molar-refractivity contribution in [2.24, 2.45) is 16.6 Å². The van der Waals surface area contributed by atoms with Crippen LogP contribution in [0.1, 0.15) is 30.4 Å². The SMILES string of the molecule is Cc1ccc(NC(N)=NCC2CCCC2O)cc1C.I. The predicted molar refractivity (Wildman–Crippen MR) is 94.8 cm³/mol. The molecule has 2 unspecified atom stereocenters. The monoisotopic (exact) mass is 389 g/mol. The van der Waals surface area contributed by atoms with Gasteiger partial charge in [-0.05, 0) is 49.9 Å². The van der Waals surface area contributed by atoms with Crippen LogP contribution < -0.4 is 11.1 Å². The van der Waals surface area contributed by atoms with E-state index in [0.29, 0.717) is 12.5 Å². The maximum Gasteiger partial charge on any atom is 0.193 e. The third-order valence-corrected chi connectivity index (χ3v) is 3.89. The first-order valence-electron chi connectivity index (χ1n) is 6.88. The van der Waals surface area contributed by atoms with Crippen molar-refractivity contribution in [3.05, 3.63) is 29.3 Å². The molecule has 0 radical (unpaired) electrons. The molecule has 4 N–H and O–H groups in total. The van der Waals surface area contributed by atoms with Gasteiger partial charge < -0.3 is 16.2 Å². The van der Waals surface area contributed by atoms with Crippen LogP contribution >= 0.6 is 24.0 Å². The van der Waals surface area contributed by atoms with E-state index < -0.39 is 0 Å². The van der Waals surface area contributed by atoms with E-state index in [-0.39, 0.29) is 36.0 Å². The largest absolute Gasteiger partial charge is 0.393 e. The molecule has 1 aromatic carbocycles. The molecule has 1 aromatic rings. The van der Waals surface area contributed by atoms with Crippen molar-refractivity contribution >= 4 is 35.6 Å². The summed E-state index contributed by atoms with van der Waals surface area (Å²) < 4.78 is 0. The predicted octanol–water partition coefficient (Wildman–Crippen LogP) is 2.81. The van der Waals surface area contributed by atoms with Gasteiger partial charge in [0.15, 0.2) is 5.96 Å². The van der Waals surface area contributed by atoms with Crippen LogP contribution in [0.15, 0.2) is 23.2 Å². The molecule has 20 heavy (non-hydrogen) atoms. The molecule has 0 bridgehead atoms. The molecule has 112 valence electrons. The fraction of sp³-hybridized carbons (Fsp3) is 0.533. The summed E-state index contributed by atoms with van der Waals surface area (Å²) >= 11 is 0. The molecule has 2 atom stereocenters. The number of aliphatic hydroxyl groups is 1. The molecule has 0 heterocycles. The second-order valence-corrected chi connectivity index (χ2v) is 5.41. The molecular weight excluding hydrogens is 365 g/mol. The Bertz CT molecular complexity index is 476. The fourth-order valence-electron chi connectivity index (χ4n) is 2.45. The summed E-state index contributed by atoms with van der Waals surface area (Å²) in [7, 11) is 0. The lowest BCUT2D eigenvalue weighted by Gasteiger charge is -2.12. The Hall–Kier alpha value is -0.820. The summed E-state index contributed by atoms with van der Waals surface area (Å²) in [5.74, 6) is 0.683. The topological polar surface area (TPSA) is 70.6 Å². The van der Waals surface area contributed by atoms with Crippen LogP contribution in [-0.2, 0) is 0 Å². The first kappa shape index (κ1) is 17.2. The van der Waals surface area contributed by atoms with Crippen molar-refractivity contribution in [2.75, 3.05) is 11.9 Å². The first-order valence-corrected chi connectivity index (χ1v) is 6.88. The highest BCUT2D eigenvalue weighted by Crippen LogP contribution is 2.25. The zero-order chi connectivity index (χ0) is 13.8. The number of aliphatic imine (C=N–C) groups is 1. The van der Waals surface area contributed by atoms with Crippen molar-refractivity contribution in [2.45, 2.75) is 39.2 Å². The maximum absolute atomic E-state index is 9.73. The highest BCUT2D eigenvalue weighted by Gasteiger charge is 2.24. The highest BCUT2D eigenvalue weighted by atomic mass is 127. The van der Waals surface area contributed by atoms with Crippen molar-refractivity contribution in [1.29, 1.82) is 0 Å². The van der Waals surface area contributed by atoms with E-state index in [9.17, 15) is 5.11 Å². The van der Waals surface area contributed by atoms with E-state index in [4.69, 9.17) is 5.73 Å². The number of benzene rings is 1. The molecule has 5 heteroatoms. The number of hydrogen-bond donors (Lipinski definition) is 3. The Morgan fingerprint density at radius 1 is 1.35 bits per heavy atom. The molecule has 0 saturated heterocycles. The zero-order valence-electron chi connectivity index (χ0n) is 12.1. The number of halogens is 1. The summed E-state index contributed by atoms with van der Waals surface area (Å²) in [6.07, 6.45) is 2.82. The second-order valence-electron chi connectivity index (χ2n) is 5.41. The van der Waals surface area contributed by atoms with Crippen LogP contribution in [0.25, 0.3) is 0 Å². The van der Waals surface area contributed by atoms with Crippen LogP contribution in [0, 0.1) is 19.8 Å². The van der Waals surface area contributed by atoms with Gasteiger partial charge in [0.2, 0.25) is 0 Å². The van der Waals surface area contributed by atoms with Gasteiger partial charge in [0.25, 0.3) is 0 Å². The fourth-order valence-corrected chi connectivity index (χ4v) is 2.45. The van der Waals surface area contributed by atoms with Gasteiger partial charge in [-0.25, -0.2) is 0 Å². The number of aryl methyl sites for hydroxylation is 2. The molecule has 1 saturated carbocycles. The molecular formula is C15H24IN3O. The molecule has 1 aliphatic rings. The van der Waals surface area contributed by atoms with Crippen LogP contribution in [-0.4, -0.2) is 23.7 Å². The Balaban J connectivity index is 0.00000200. The van der Waals surface area contributed by atoms with E-state index >= 15 is 0 Å². The minimum absolute atomic E-state index is 0. The van der Waals surface area contributed by atoms with E-state index in [1.807, 2.05) is 6.07 Å². The Morgan fingerprint density at radius 3 is 2.70 bits per heavy atom. The van der Waals surface area contributed by atoms with Crippen molar-refractivity contribution < 1.29 is 5.11 Å². The third kappa shape index (κ3) is 4.63. The quantitative estimate of drug-likeness (QED) is 0.423. The molecule has 0 amide bonds. The lowest BCUT2D eigenvalue weighted by Crippen LogP contribution is -2.25. The Morgan fingerprint density at radius 2 is 2.10 bits per heavy atom. The Kier molecular flexibility index (Phi) is 6.75. The highest BCUT2D eigenvalue weighted by molar-refractivity contribution is 14.0. The van der Waals surface area contributed by atoms with Crippen LogP contribution in [0.2, 0.25) is 0 Å². The van der Waals surface area contributed by atoms with E-state index in [2.05, 4.69) is 36.3 Å². The summed E-state index contributed by atoms with van der Waals surface area (Å²) in [6, 6.07) is 6.11. The third-order valence-electron chi connectivity index (χ3n) is 3.89.